The maximum Gasteiger partial charge on any atom is 0.410 e. The first-order chi connectivity index (χ1) is 8.61. The van der Waals surface area contributed by atoms with Gasteiger partial charge in [0.2, 0.25) is 0 Å². The molecule has 1 amide bonds. The zero-order valence-corrected chi connectivity index (χ0v) is 12.5. The summed E-state index contributed by atoms with van der Waals surface area (Å²) >= 11 is 0. The fourth-order valence-corrected chi connectivity index (χ4v) is 2.46. The number of likely N-dealkylation sites (tertiary alicyclic amines) is 1. The van der Waals surface area contributed by atoms with Crippen LogP contribution in [0.25, 0.3) is 0 Å². The van der Waals surface area contributed by atoms with Gasteiger partial charge >= 0.3 is 12.1 Å². The van der Waals surface area contributed by atoms with Crippen LogP contribution in [0.1, 0.15) is 41.0 Å². The monoisotopic (exact) mass is 271 g/mol. The van der Waals surface area contributed by atoms with Gasteiger partial charge in [-0.2, -0.15) is 0 Å². The van der Waals surface area contributed by atoms with Crippen LogP contribution in [-0.2, 0) is 9.53 Å². The molecule has 1 N–H and O–H groups in total. The molecule has 1 heterocycles. The molecule has 2 unspecified atom stereocenters. The summed E-state index contributed by atoms with van der Waals surface area (Å²) in [5.41, 5.74) is -0.520. The van der Waals surface area contributed by atoms with Gasteiger partial charge in [-0.1, -0.05) is 13.8 Å². The summed E-state index contributed by atoms with van der Waals surface area (Å²) in [6, 6.07) is 0. The van der Waals surface area contributed by atoms with Gasteiger partial charge in [0, 0.05) is 13.1 Å². The molecule has 1 fully saturated rings. The fraction of sp³-hybridized carbons (Fsp3) is 0.857. The summed E-state index contributed by atoms with van der Waals surface area (Å²) in [5, 5.41) is 9.23. The van der Waals surface area contributed by atoms with Gasteiger partial charge in [-0.25, -0.2) is 4.79 Å². The summed E-state index contributed by atoms with van der Waals surface area (Å²) in [7, 11) is 0. The van der Waals surface area contributed by atoms with Crippen LogP contribution in [0.5, 0.6) is 0 Å². The maximum atomic E-state index is 12.0. The zero-order valence-electron chi connectivity index (χ0n) is 12.5. The number of hydrogen-bond acceptors (Lipinski definition) is 3. The molecule has 0 aromatic heterocycles. The molecule has 1 rings (SSSR count). The normalized spacial score (nSPS) is 24.4. The highest BCUT2D eigenvalue weighted by molar-refractivity contribution is 5.72. The third kappa shape index (κ3) is 4.40. The fourth-order valence-electron chi connectivity index (χ4n) is 2.46. The Morgan fingerprint density at radius 3 is 2.32 bits per heavy atom. The topological polar surface area (TPSA) is 66.8 Å². The highest BCUT2D eigenvalue weighted by atomic mass is 16.6. The second kappa shape index (κ2) is 5.80. The van der Waals surface area contributed by atoms with E-state index >= 15 is 0 Å². The third-order valence-corrected chi connectivity index (χ3v) is 3.48. The van der Waals surface area contributed by atoms with Gasteiger partial charge < -0.3 is 14.7 Å². The van der Waals surface area contributed by atoms with E-state index in [1.54, 1.807) is 4.90 Å². The van der Waals surface area contributed by atoms with Crippen molar-refractivity contribution in [2.24, 2.45) is 17.8 Å². The Kier molecular flexibility index (Phi) is 4.82. The van der Waals surface area contributed by atoms with Gasteiger partial charge in [0.25, 0.3) is 0 Å². The molecule has 0 aromatic carbocycles. The summed E-state index contributed by atoms with van der Waals surface area (Å²) in [6.07, 6.45) is 0.152. The van der Waals surface area contributed by atoms with Gasteiger partial charge in [0.05, 0.1) is 5.92 Å². The molecule has 5 heteroatoms. The number of hydrogen-bond donors (Lipinski definition) is 1. The molecule has 19 heavy (non-hydrogen) atoms. The van der Waals surface area contributed by atoms with Gasteiger partial charge in [-0.3, -0.25) is 4.79 Å². The lowest BCUT2D eigenvalue weighted by atomic mass is 9.78. The van der Waals surface area contributed by atoms with Crippen molar-refractivity contribution in [2.45, 2.75) is 46.6 Å². The number of amides is 1. The summed E-state index contributed by atoms with van der Waals surface area (Å²) < 4.78 is 5.34. The Morgan fingerprint density at radius 1 is 1.32 bits per heavy atom. The van der Waals surface area contributed by atoms with E-state index in [0.29, 0.717) is 19.5 Å². The molecule has 2 atom stereocenters. The van der Waals surface area contributed by atoms with E-state index in [1.807, 2.05) is 34.6 Å². The van der Waals surface area contributed by atoms with Crippen LogP contribution in [0, 0.1) is 17.8 Å². The molecule has 0 spiro atoms. The van der Waals surface area contributed by atoms with E-state index in [4.69, 9.17) is 4.74 Å². The minimum absolute atomic E-state index is 0.0150. The van der Waals surface area contributed by atoms with E-state index < -0.39 is 11.6 Å². The van der Waals surface area contributed by atoms with Crippen molar-refractivity contribution in [3.63, 3.8) is 0 Å². The smallest absolute Gasteiger partial charge is 0.410 e. The Labute approximate surface area is 114 Å². The van der Waals surface area contributed by atoms with Crippen molar-refractivity contribution < 1.29 is 19.4 Å². The standard InChI is InChI=1S/C14H25NO4/c1-9(2)11-8-15(7-6-10(11)12(16)17)13(18)19-14(3,4)5/h9-11H,6-8H2,1-5H3,(H,16,17). The predicted octanol–water partition coefficient (Wildman–Crippen LogP) is 2.60. The Morgan fingerprint density at radius 2 is 1.89 bits per heavy atom. The quantitative estimate of drug-likeness (QED) is 0.838. The van der Waals surface area contributed by atoms with Crippen molar-refractivity contribution in [3.05, 3.63) is 0 Å². The number of carbonyl (C=O) groups excluding carboxylic acids is 1. The lowest BCUT2D eigenvalue weighted by Crippen LogP contribution is -2.49. The Bertz CT molecular complexity index is 346. The molecule has 0 saturated carbocycles. The summed E-state index contributed by atoms with van der Waals surface area (Å²) in [5.74, 6) is -0.911. The molecule has 1 aliphatic heterocycles. The number of nitrogens with zero attached hydrogens (tertiary/aromatic N) is 1. The number of carbonyl (C=O) groups is 2. The Hall–Kier alpha value is -1.26. The van der Waals surface area contributed by atoms with E-state index in [0.717, 1.165) is 0 Å². The zero-order chi connectivity index (χ0) is 14.8. The summed E-state index contributed by atoms with van der Waals surface area (Å²) in [4.78, 5) is 24.9. The van der Waals surface area contributed by atoms with Crippen LogP contribution in [0.4, 0.5) is 4.79 Å². The molecule has 0 bridgehead atoms. The van der Waals surface area contributed by atoms with Gasteiger partial charge in [0.15, 0.2) is 0 Å². The number of carboxylic acid groups (broad SMARTS) is 1. The molecule has 0 aromatic rings. The minimum atomic E-state index is -0.762. The van der Waals surface area contributed by atoms with Crippen molar-refractivity contribution in [1.29, 1.82) is 0 Å². The van der Waals surface area contributed by atoms with Crippen molar-refractivity contribution in [1.82, 2.24) is 4.90 Å². The van der Waals surface area contributed by atoms with Crippen molar-refractivity contribution in [3.8, 4) is 0 Å². The van der Waals surface area contributed by atoms with Crippen LogP contribution >= 0.6 is 0 Å². The highest BCUT2D eigenvalue weighted by Crippen LogP contribution is 2.30. The lowest BCUT2D eigenvalue weighted by Gasteiger charge is -2.39. The number of carboxylic acids is 1. The lowest BCUT2D eigenvalue weighted by molar-refractivity contribution is -0.146. The Balaban J connectivity index is 2.71. The minimum Gasteiger partial charge on any atom is -0.481 e. The van der Waals surface area contributed by atoms with Crippen molar-refractivity contribution in [2.75, 3.05) is 13.1 Å². The molecule has 5 nitrogen and oxygen atoms in total. The second-order valence-electron chi connectivity index (χ2n) is 6.57. The van der Waals surface area contributed by atoms with Crippen LogP contribution in [0.3, 0.4) is 0 Å². The molecule has 110 valence electrons. The van der Waals surface area contributed by atoms with Crippen LogP contribution in [0.2, 0.25) is 0 Å². The van der Waals surface area contributed by atoms with E-state index in [-0.39, 0.29) is 23.8 Å². The van der Waals surface area contributed by atoms with E-state index in [1.165, 1.54) is 0 Å². The maximum absolute atomic E-state index is 12.0. The molecular weight excluding hydrogens is 246 g/mol. The molecule has 0 radical (unpaired) electrons. The molecular formula is C14H25NO4. The first-order valence-electron chi connectivity index (χ1n) is 6.82. The predicted molar refractivity (Wildman–Crippen MR) is 71.9 cm³/mol. The van der Waals surface area contributed by atoms with Gasteiger partial charge in [0.1, 0.15) is 5.60 Å². The average Bonchev–Trinajstić information content (AvgIpc) is 2.25. The van der Waals surface area contributed by atoms with Gasteiger partial charge in [-0.15, -0.1) is 0 Å². The van der Waals surface area contributed by atoms with Crippen LogP contribution < -0.4 is 0 Å². The molecule has 0 aliphatic carbocycles. The third-order valence-electron chi connectivity index (χ3n) is 3.48. The van der Waals surface area contributed by atoms with Crippen molar-refractivity contribution >= 4 is 12.1 Å². The van der Waals surface area contributed by atoms with Gasteiger partial charge in [-0.05, 0) is 39.0 Å². The van der Waals surface area contributed by atoms with E-state index in [2.05, 4.69) is 0 Å². The number of piperidine rings is 1. The number of rotatable bonds is 2. The number of aliphatic carboxylic acids is 1. The van der Waals surface area contributed by atoms with Crippen LogP contribution in [-0.4, -0.2) is 40.8 Å². The molecule has 1 aliphatic rings. The first-order valence-corrected chi connectivity index (χ1v) is 6.82. The van der Waals surface area contributed by atoms with E-state index in [9.17, 15) is 14.7 Å². The first kappa shape index (κ1) is 15.8. The van der Waals surface area contributed by atoms with Crippen LogP contribution in [0.15, 0.2) is 0 Å². The summed E-state index contributed by atoms with van der Waals surface area (Å²) in [6.45, 7) is 10.4. The highest BCUT2D eigenvalue weighted by Gasteiger charge is 2.38. The largest absolute Gasteiger partial charge is 0.481 e. The SMILES string of the molecule is CC(C)C1CN(C(=O)OC(C)(C)C)CCC1C(=O)O. The molecule has 1 saturated heterocycles. The second-order valence-corrected chi connectivity index (χ2v) is 6.57. The average molecular weight is 271 g/mol. The number of ether oxygens (including phenoxy) is 1.